The SMILES string of the molecule is CC(=O)C(N)CCP(C)(=O)O. The fourth-order valence-corrected chi connectivity index (χ4v) is 1.34. The molecule has 0 aromatic carbocycles. The number of nitrogens with two attached hydrogens (primary N) is 1. The second-order valence-electron chi connectivity index (χ2n) is 2.78. The molecule has 0 aliphatic carbocycles. The number of carbonyl (C=O) groups excluding carboxylic acids is 1. The van der Waals surface area contributed by atoms with Crippen LogP contribution in [0.5, 0.6) is 0 Å². The molecule has 0 fully saturated rings. The van der Waals surface area contributed by atoms with E-state index in [1.807, 2.05) is 0 Å². The van der Waals surface area contributed by atoms with E-state index in [9.17, 15) is 9.36 Å². The molecule has 0 aliphatic rings. The first-order valence-corrected chi connectivity index (χ1v) is 5.67. The third-order valence-corrected chi connectivity index (χ3v) is 2.47. The van der Waals surface area contributed by atoms with Crippen molar-refractivity contribution >= 4 is 13.2 Å². The van der Waals surface area contributed by atoms with E-state index in [4.69, 9.17) is 10.6 Å². The first-order chi connectivity index (χ1) is 4.83. The Bertz CT molecular complexity index is 186. The number of Topliss-reactive ketones (excluding diaryl/α,β-unsaturated/α-hetero) is 1. The molecular formula is C6H14NO3P. The second-order valence-corrected chi connectivity index (χ2v) is 5.33. The lowest BCUT2D eigenvalue weighted by Gasteiger charge is -2.08. The molecule has 0 aromatic heterocycles. The van der Waals surface area contributed by atoms with Gasteiger partial charge in [0.05, 0.1) is 6.04 Å². The van der Waals surface area contributed by atoms with Crippen LogP contribution in [0.25, 0.3) is 0 Å². The molecule has 0 rings (SSSR count). The predicted octanol–water partition coefficient (Wildman–Crippen LogP) is 0.193. The van der Waals surface area contributed by atoms with Gasteiger partial charge in [-0.2, -0.15) is 0 Å². The zero-order valence-corrected chi connectivity index (χ0v) is 7.67. The number of rotatable bonds is 4. The number of ketones is 1. The molecular weight excluding hydrogens is 165 g/mol. The molecule has 66 valence electrons. The lowest BCUT2D eigenvalue weighted by Crippen LogP contribution is -2.29. The van der Waals surface area contributed by atoms with E-state index in [0.29, 0.717) is 6.42 Å². The molecule has 0 amide bonds. The summed E-state index contributed by atoms with van der Waals surface area (Å²) in [5.41, 5.74) is 5.34. The van der Waals surface area contributed by atoms with Crippen LogP contribution in [0.15, 0.2) is 0 Å². The molecule has 2 atom stereocenters. The maximum atomic E-state index is 10.7. The van der Waals surface area contributed by atoms with Crippen molar-refractivity contribution in [2.45, 2.75) is 19.4 Å². The van der Waals surface area contributed by atoms with Crippen LogP contribution in [0.4, 0.5) is 0 Å². The van der Waals surface area contributed by atoms with E-state index in [-0.39, 0.29) is 11.9 Å². The lowest BCUT2D eigenvalue weighted by atomic mass is 10.2. The average Bonchev–Trinajstić information content (AvgIpc) is 1.80. The molecule has 0 spiro atoms. The molecule has 0 radical (unpaired) electrons. The molecule has 4 nitrogen and oxygen atoms in total. The first kappa shape index (κ1) is 10.8. The highest BCUT2D eigenvalue weighted by Crippen LogP contribution is 2.35. The van der Waals surface area contributed by atoms with Crippen molar-refractivity contribution in [3.63, 3.8) is 0 Å². The Hall–Kier alpha value is -0.180. The number of carbonyl (C=O) groups is 1. The van der Waals surface area contributed by atoms with Crippen LogP contribution >= 0.6 is 7.37 Å². The molecule has 0 saturated carbocycles. The van der Waals surface area contributed by atoms with E-state index in [0.717, 1.165) is 0 Å². The summed E-state index contributed by atoms with van der Waals surface area (Å²) >= 11 is 0. The summed E-state index contributed by atoms with van der Waals surface area (Å²) in [6, 6.07) is -0.588. The maximum Gasteiger partial charge on any atom is 0.197 e. The van der Waals surface area contributed by atoms with Crippen molar-refractivity contribution in [1.82, 2.24) is 0 Å². The van der Waals surface area contributed by atoms with Crippen molar-refractivity contribution in [2.24, 2.45) is 5.73 Å². The molecule has 0 saturated heterocycles. The van der Waals surface area contributed by atoms with E-state index in [1.54, 1.807) is 0 Å². The van der Waals surface area contributed by atoms with E-state index >= 15 is 0 Å². The van der Waals surface area contributed by atoms with Gasteiger partial charge < -0.3 is 10.6 Å². The first-order valence-electron chi connectivity index (χ1n) is 3.38. The van der Waals surface area contributed by atoms with Gasteiger partial charge in [0, 0.05) is 12.8 Å². The van der Waals surface area contributed by atoms with Crippen molar-refractivity contribution < 1.29 is 14.3 Å². The Kier molecular flexibility index (Phi) is 3.93. The summed E-state index contributed by atoms with van der Waals surface area (Å²) in [5, 5.41) is 0. The summed E-state index contributed by atoms with van der Waals surface area (Å²) in [6.07, 6.45) is 0.410. The highest BCUT2D eigenvalue weighted by Gasteiger charge is 2.14. The van der Waals surface area contributed by atoms with Crippen LogP contribution in [-0.2, 0) is 9.36 Å². The van der Waals surface area contributed by atoms with Crippen LogP contribution in [0, 0.1) is 0 Å². The van der Waals surface area contributed by atoms with Crippen molar-refractivity contribution in [3.05, 3.63) is 0 Å². The van der Waals surface area contributed by atoms with Crippen LogP contribution in [0.2, 0.25) is 0 Å². The zero-order chi connectivity index (χ0) is 9.07. The summed E-state index contributed by atoms with van der Waals surface area (Å²) < 4.78 is 10.7. The molecule has 5 heteroatoms. The number of hydrogen-bond acceptors (Lipinski definition) is 3. The van der Waals surface area contributed by atoms with Crippen LogP contribution < -0.4 is 5.73 Å². The highest BCUT2D eigenvalue weighted by molar-refractivity contribution is 7.57. The lowest BCUT2D eigenvalue weighted by molar-refractivity contribution is -0.118. The minimum Gasteiger partial charge on any atom is -0.344 e. The van der Waals surface area contributed by atoms with Gasteiger partial charge in [0.15, 0.2) is 7.37 Å². The molecule has 0 aliphatic heterocycles. The van der Waals surface area contributed by atoms with Gasteiger partial charge in [-0.15, -0.1) is 0 Å². The Labute approximate surface area is 66.2 Å². The van der Waals surface area contributed by atoms with Crippen molar-refractivity contribution in [3.8, 4) is 0 Å². The van der Waals surface area contributed by atoms with Gasteiger partial charge in [-0.05, 0) is 13.3 Å². The third kappa shape index (κ3) is 6.23. The Morgan fingerprint density at radius 2 is 2.18 bits per heavy atom. The topological polar surface area (TPSA) is 80.4 Å². The summed E-state index contributed by atoms with van der Waals surface area (Å²) in [7, 11) is -2.99. The fraction of sp³-hybridized carbons (Fsp3) is 0.833. The van der Waals surface area contributed by atoms with E-state index in [1.165, 1.54) is 13.6 Å². The smallest absolute Gasteiger partial charge is 0.197 e. The maximum absolute atomic E-state index is 10.7. The Balaban J connectivity index is 3.72. The minimum absolute atomic E-state index is 0.119. The Morgan fingerprint density at radius 3 is 2.45 bits per heavy atom. The standard InChI is InChI=1S/C6H14NO3P/c1-5(8)6(7)3-4-11(2,9)10/h6H,3-4,7H2,1-2H3,(H,9,10). The van der Waals surface area contributed by atoms with Gasteiger partial charge in [-0.1, -0.05) is 0 Å². The van der Waals surface area contributed by atoms with Gasteiger partial charge in [0.2, 0.25) is 0 Å². The van der Waals surface area contributed by atoms with Crippen LogP contribution in [0.3, 0.4) is 0 Å². The second kappa shape index (κ2) is 4.00. The summed E-state index contributed by atoms with van der Waals surface area (Å²) in [4.78, 5) is 19.4. The summed E-state index contributed by atoms with van der Waals surface area (Å²) in [6.45, 7) is 2.64. The normalized spacial score (nSPS) is 18.9. The molecule has 0 aromatic rings. The van der Waals surface area contributed by atoms with Gasteiger partial charge in [-0.3, -0.25) is 9.36 Å². The highest BCUT2D eigenvalue weighted by atomic mass is 31.2. The van der Waals surface area contributed by atoms with Crippen molar-refractivity contribution in [1.29, 1.82) is 0 Å². The monoisotopic (exact) mass is 179 g/mol. The molecule has 3 N–H and O–H groups in total. The predicted molar refractivity (Wildman–Crippen MR) is 43.9 cm³/mol. The minimum atomic E-state index is -2.99. The van der Waals surface area contributed by atoms with Gasteiger partial charge in [0.1, 0.15) is 5.78 Å². The van der Waals surface area contributed by atoms with Crippen molar-refractivity contribution in [2.75, 3.05) is 12.8 Å². The van der Waals surface area contributed by atoms with E-state index in [2.05, 4.69) is 0 Å². The zero-order valence-electron chi connectivity index (χ0n) is 6.78. The quantitative estimate of drug-likeness (QED) is 0.604. The fourth-order valence-electron chi connectivity index (χ4n) is 0.582. The largest absolute Gasteiger partial charge is 0.344 e. The molecule has 0 heterocycles. The van der Waals surface area contributed by atoms with Gasteiger partial charge >= 0.3 is 0 Å². The molecule has 0 bridgehead atoms. The average molecular weight is 179 g/mol. The summed E-state index contributed by atoms with van der Waals surface area (Å²) in [5.74, 6) is -0.140. The third-order valence-electron chi connectivity index (χ3n) is 1.38. The molecule has 11 heavy (non-hydrogen) atoms. The van der Waals surface area contributed by atoms with Gasteiger partial charge in [-0.25, -0.2) is 0 Å². The Morgan fingerprint density at radius 1 is 1.73 bits per heavy atom. The van der Waals surface area contributed by atoms with Crippen LogP contribution in [-0.4, -0.2) is 29.5 Å². The van der Waals surface area contributed by atoms with Crippen LogP contribution in [0.1, 0.15) is 13.3 Å². The van der Waals surface area contributed by atoms with E-state index < -0.39 is 13.4 Å². The van der Waals surface area contributed by atoms with Gasteiger partial charge in [0.25, 0.3) is 0 Å². The molecule has 2 unspecified atom stereocenters. The number of hydrogen-bond donors (Lipinski definition) is 2.